The summed E-state index contributed by atoms with van der Waals surface area (Å²) in [7, 11) is 0.0321. The third kappa shape index (κ3) is 3.23. The van der Waals surface area contributed by atoms with E-state index in [0.29, 0.717) is 11.2 Å². The molecular weight excluding hydrogens is 352 g/mol. The Bertz CT molecular complexity index is 1090. The van der Waals surface area contributed by atoms with E-state index in [0.717, 1.165) is 16.5 Å². The van der Waals surface area contributed by atoms with Crippen LogP contribution in [0.5, 0.6) is 0 Å². The second-order valence-corrected chi connectivity index (χ2v) is 7.80. The fourth-order valence-corrected chi connectivity index (χ4v) is 3.34. The molecule has 3 aromatic rings. The predicted octanol–water partition coefficient (Wildman–Crippen LogP) is 2.10. The van der Waals surface area contributed by atoms with Crippen LogP contribution in [-0.4, -0.2) is 44.9 Å². The summed E-state index contributed by atoms with van der Waals surface area (Å²) in [6.07, 6.45) is 1.18. The average molecular weight is 370 g/mol. The average Bonchev–Trinajstić information content (AvgIpc) is 2.65. The van der Waals surface area contributed by atoms with Crippen molar-refractivity contribution < 1.29 is 13.2 Å². The lowest BCUT2D eigenvalue weighted by Crippen LogP contribution is -2.21. The van der Waals surface area contributed by atoms with Crippen molar-refractivity contribution in [2.45, 2.75) is 4.90 Å². The van der Waals surface area contributed by atoms with E-state index >= 15 is 0 Å². The number of sulfone groups is 1. The molecule has 0 fully saturated rings. The molecular formula is C18H18N4O3S. The number of carbonyl (C=O) groups excluding carboxylic acids is 1. The highest BCUT2D eigenvalue weighted by Gasteiger charge is 2.16. The number of nitrogens with zero attached hydrogens (tertiary/aromatic N) is 2. The minimum atomic E-state index is -3.23. The van der Waals surface area contributed by atoms with Crippen molar-refractivity contribution in [3.05, 3.63) is 48.2 Å². The molecule has 0 unspecified atom stereocenters. The molecule has 0 atom stereocenters. The first kappa shape index (κ1) is 17.8. The first-order chi connectivity index (χ1) is 12.3. The van der Waals surface area contributed by atoms with Gasteiger partial charge in [0.05, 0.1) is 16.1 Å². The van der Waals surface area contributed by atoms with Gasteiger partial charge in [-0.05, 0) is 35.4 Å². The van der Waals surface area contributed by atoms with E-state index in [2.05, 4.69) is 20.8 Å². The number of rotatable bonds is 4. The minimum Gasteiger partial charge on any atom is -0.386 e. The van der Waals surface area contributed by atoms with E-state index in [4.69, 9.17) is 0 Å². The molecule has 0 saturated carbocycles. The first-order valence-corrected chi connectivity index (χ1v) is 9.75. The van der Waals surface area contributed by atoms with Crippen LogP contribution < -0.4 is 10.6 Å². The monoisotopic (exact) mass is 370 g/mol. The molecule has 26 heavy (non-hydrogen) atoms. The van der Waals surface area contributed by atoms with Gasteiger partial charge in [-0.25, -0.2) is 8.42 Å². The molecule has 3 rings (SSSR count). The molecule has 1 amide bonds. The van der Waals surface area contributed by atoms with E-state index in [1.807, 2.05) is 18.2 Å². The normalized spacial score (nSPS) is 11.3. The SMILES string of the molecule is CNC(=O)c1nnc2cc(-c3ccc(S(C)(=O)=O)cc3)ccc2c1NC. The maximum atomic E-state index is 11.9. The van der Waals surface area contributed by atoms with Crippen LogP contribution in [0.25, 0.3) is 22.0 Å². The predicted molar refractivity (Wildman–Crippen MR) is 101 cm³/mol. The maximum Gasteiger partial charge on any atom is 0.273 e. The van der Waals surface area contributed by atoms with Gasteiger partial charge in [-0.2, -0.15) is 0 Å². The van der Waals surface area contributed by atoms with Crippen molar-refractivity contribution in [3.63, 3.8) is 0 Å². The second kappa shape index (κ2) is 6.72. The Balaban J connectivity index is 2.09. The summed E-state index contributed by atoms with van der Waals surface area (Å²) >= 11 is 0. The van der Waals surface area contributed by atoms with Crippen molar-refractivity contribution in [2.24, 2.45) is 0 Å². The summed E-state index contributed by atoms with van der Waals surface area (Å²) in [5, 5.41) is 14.5. The van der Waals surface area contributed by atoms with Gasteiger partial charge in [-0.15, -0.1) is 10.2 Å². The lowest BCUT2D eigenvalue weighted by molar-refractivity contribution is 0.0958. The van der Waals surface area contributed by atoms with Crippen molar-refractivity contribution >= 4 is 32.3 Å². The van der Waals surface area contributed by atoms with Gasteiger partial charge in [0.2, 0.25) is 0 Å². The van der Waals surface area contributed by atoms with Crippen molar-refractivity contribution in [3.8, 4) is 11.1 Å². The van der Waals surface area contributed by atoms with Crippen LogP contribution in [-0.2, 0) is 9.84 Å². The number of fused-ring (bicyclic) bond motifs is 1. The number of anilines is 1. The molecule has 0 bridgehead atoms. The number of carbonyl (C=O) groups is 1. The summed E-state index contributed by atoms with van der Waals surface area (Å²) in [5.74, 6) is -0.316. The number of aromatic nitrogens is 2. The molecule has 1 aromatic heterocycles. The van der Waals surface area contributed by atoms with Crippen LogP contribution >= 0.6 is 0 Å². The molecule has 0 aliphatic heterocycles. The quantitative estimate of drug-likeness (QED) is 0.729. The van der Waals surface area contributed by atoms with E-state index in [1.165, 1.54) is 13.3 Å². The van der Waals surface area contributed by atoms with Crippen LogP contribution in [0.2, 0.25) is 0 Å². The zero-order valence-electron chi connectivity index (χ0n) is 14.6. The standard InChI is InChI=1S/C18H18N4O3S/c1-19-16-14-9-6-12(10-15(14)21-22-17(16)18(23)20-2)11-4-7-13(8-5-11)26(3,24)25/h4-10H,1-3H3,(H,19,21)(H,20,23). The Labute approximate surface area is 151 Å². The van der Waals surface area contributed by atoms with Crippen LogP contribution in [0.4, 0.5) is 5.69 Å². The molecule has 2 aromatic carbocycles. The summed E-state index contributed by atoms with van der Waals surface area (Å²) < 4.78 is 23.2. The molecule has 8 heteroatoms. The smallest absolute Gasteiger partial charge is 0.273 e. The summed E-state index contributed by atoms with van der Waals surface area (Å²) in [6.45, 7) is 0. The van der Waals surface area contributed by atoms with Crippen molar-refractivity contribution in [2.75, 3.05) is 25.7 Å². The Morgan fingerprint density at radius 3 is 2.19 bits per heavy atom. The van der Waals surface area contributed by atoms with Gasteiger partial charge < -0.3 is 10.6 Å². The van der Waals surface area contributed by atoms with Gasteiger partial charge in [-0.3, -0.25) is 4.79 Å². The molecule has 0 radical (unpaired) electrons. The molecule has 0 aliphatic rings. The number of hydrogen-bond acceptors (Lipinski definition) is 6. The Kier molecular flexibility index (Phi) is 4.60. The number of benzene rings is 2. The van der Waals surface area contributed by atoms with Gasteiger partial charge in [0, 0.05) is 25.7 Å². The highest BCUT2D eigenvalue weighted by molar-refractivity contribution is 7.90. The van der Waals surface area contributed by atoms with E-state index in [9.17, 15) is 13.2 Å². The lowest BCUT2D eigenvalue weighted by Gasteiger charge is -2.11. The summed E-state index contributed by atoms with van der Waals surface area (Å²) in [4.78, 5) is 12.2. The number of amides is 1. The van der Waals surface area contributed by atoms with Gasteiger partial charge >= 0.3 is 0 Å². The fraction of sp³-hybridized carbons (Fsp3) is 0.167. The van der Waals surface area contributed by atoms with E-state index in [1.54, 1.807) is 31.3 Å². The molecule has 1 heterocycles. The largest absolute Gasteiger partial charge is 0.386 e. The van der Waals surface area contributed by atoms with E-state index in [-0.39, 0.29) is 16.5 Å². The Morgan fingerprint density at radius 1 is 0.962 bits per heavy atom. The van der Waals surface area contributed by atoms with Gasteiger partial charge in [0.1, 0.15) is 0 Å². The zero-order chi connectivity index (χ0) is 18.9. The van der Waals surface area contributed by atoms with Gasteiger partial charge in [0.15, 0.2) is 15.5 Å². The molecule has 0 aliphatic carbocycles. The van der Waals surface area contributed by atoms with Crippen molar-refractivity contribution in [1.82, 2.24) is 15.5 Å². The van der Waals surface area contributed by atoms with Crippen LogP contribution in [0, 0.1) is 0 Å². The topological polar surface area (TPSA) is 101 Å². The summed E-state index contributed by atoms with van der Waals surface area (Å²) in [5.41, 5.74) is 3.21. The highest BCUT2D eigenvalue weighted by Crippen LogP contribution is 2.29. The van der Waals surface area contributed by atoms with Gasteiger partial charge in [-0.1, -0.05) is 18.2 Å². The fourth-order valence-electron chi connectivity index (χ4n) is 2.71. The molecule has 7 nitrogen and oxygen atoms in total. The van der Waals surface area contributed by atoms with Gasteiger partial charge in [0.25, 0.3) is 5.91 Å². The van der Waals surface area contributed by atoms with Crippen LogP contribution in [0.1, 0.15) is 10.5 Å². The Morgan fingerprint density at radius 2 is 1.62 bits per heavy atom. The number of hydrogen-bond donors (Lipinski definition) is 2. The second-order valence-electron chi connectivity index (χ2n) is 5.78. The molecule has 134 valence electrons. The number of nitrogens with one attached hydrogen (secondary N) is 2. The van der Waals surface area contributed by atoms with Crippen molar-refractivity contribution in [1.29, 1.82) is 0 Å². The lowest BCUT2D eigenvalue weighted by atomic mass is 10.0. The maximum absolute atomic E-state index is 11.9. The van der Waals surface area contributed by atoms with E-state index < -0.39 is 9.84 Å². The third-order valence-electron chi connectivity index (χ3n) is 4.07. The highest BCUT2D eigenvalue weighted by atomic mass is 32.2. The van der Waals surface area contributed by atoms with Crippen LogP contribution in [0.15, 0.2) is 47.4 Å². The Hall–Kier alpha value is -3.00. The van der Waals surface area contributed by atoms with Crippen LogP contribution in [0.3, 0.4) is 0 Å². The minimum absolute atomic E-state index is 0.229. The molecule has 0 spiro atoms. The summed E-state index contributed by atoms with van der Waals surface area (Å²) in [6, 6.07) is 12.3. The zero-order valence-corrected chi connectivity index (χ0v) is 15.4. The first-order valence-electron chi connectivity index (χ1n) is 7.86. The third-order valence-corrected chi connectivity index (χ3v) is 5.20. The molecule has 2 N–H and O–H groups in total. The molecule has 0 saturated heterocycles.